The number of anilines is 1. The third-order valence-electron chi connectivity index (χ3n) is 4.69. The van der Waals surface area contributed by atoms with E-state index < -0.39 is 0 Å². The quantitative estimate of drug-likeness (QED) is 0.302. The van der Waals surface area contributed by atoms with Crippen LogP contribution in [-0.2, 0) is 4.79 Å². The van der Waals surface area contributed by atoms with E-state index in [9.17, 15) is 4.79 Å². The zero-order valence-corrected chi connectivity index (χ0v) is 19.1. The number of aromatic nitrogens is 1. The highest BCUT2D eigenvalue weighted by molar-refractivity contribution is 8.01. The molecule has 1 heterocycles. The van der Waals surface area contributed by atoms with Gasteiger partial charge in [-0.15, -0.1) is 11.3 Å². The van der Waals surface area contributed by atoms with Crippen LogP contribution in [0.3, 0.4) is 0 Å². The summed E-state index contributed by atoms with van der Waals surface area (Å²) in [5.41, 5.74) is 1.75. The van der Waals surface area contributed by atoms with Gasteiger partial charge in [-0.3, -0.25) is 4.79 Å². The number of carbonyl (C=O) groups excluding carboxylic acids is 1. The van der Waals surface area contributed by atoms with Gasteiger partial charge in [0.1, 0.15) is 0 Å². The van der Waals surface area contributed by atoms with Crippen LogP contribution in [0, 0.1) is 0 Å². The van der Waals surface area contributed by atoms with Crippen LogP contribution in [-0.4, -0.2) is 10.9 Å². The normalized spacial score (nSPS) is 11.1. The molecule has 0 bridgehead atoms. The van der Waals surface area contributed by atoms with Crippen LogP contribution >= 0.6 is 34.7 Å². The maximum Gasteiger partial charge on any atom is 0.224 e. The van der Waals surface area contributed by atoms with Gasteiger partial charge < -0.3 is 5.32 Å². The maximum absolute atomic E-state index is 12.2. The monoisotopic (exact) mass is 446 g/mol. The zero-order chi connectivity index (χ0) is 20.5. The van der Waals surface area contributed by atoms with Crippen molar-refractivity contribution in [3.63, 3.8) is 0 Å². The summed E-state index contributed by atoms with van der Waals surface area (Å²) >= 11 is 9.66. The summed E-state index contributed by atoms with van der Waals surface area (Å²) in [6.45, 7) is 2.22. The van der Waals surface area contributed by atoms with Gasteiger partial charge in [-0.2, -0.15) is 0 Å². The van der Waals surface area contributed by atoms with Crippen LogP contribution in [0.5, 0.6) is 0 Å². The number of halogens is 1. The molecule has 0 unspecified atom stereocenters. The number of thiazole rings is 1. The molecule has 1 N–H and O–H groups in total. The van der Waals surface area contributed by atoms with Crippen LogP contribution in [0.1, 0.15) is 58.3 Å². The third kappa shape index (κ3) is 7.02. The fraction of sp³-hybridized carbons (Fsp3) is 0.391. The minimum absolute atomic E-state index is 0.0567. The Morgan fingerprint density at radius 3 is 2.59 bits per heavy atom. The van der Waals surface area contributed by atoms with E-state index in [1.165, 1.54) is 36.8 Å². The van der Waals surface area contributed by atoms with Crippen molar-refractivity contribution < 1.29 is 4.79 Å². The molecule has 0 saturated heterocycles. The Bertz CT molecular complexity index is 909. The van der Waals surface area contributed by atoms with E-state index in [-0.39, 0.29) is 5.91 Å². The molecule has 2 aromatic carbocycles. The van der Waals surface area contributed by atoms with E-state index in [4.69, 9.17) is 11.6 Å². The number of nitrogens with one attached hydrogen (secondary N) is 1. The first-order valence-electron chi connectivity index (χ1n) is 10.3. The number of carbonyl (C=O) groups is 1. The first-order chi connectivity index (χ1) is 14.2. The van der Waals surface area contributed by atoms with Gasteiger partial charge in [0.15, 0.2) is 4.34 Å². The summed E-state index contributed by atoms with van der Waals surface area (Å²) in [7, 11) is 0. The molecule has 3 rings (SSSR count). The first kappa shape index (κ1) is 22.1. The predicted molar refractivity (Wildman–Crippen MR) is 126 cm³/mol. The van der Waals surface area contributed by atoms with Crippen molar-refractivity contribution in [3.05, 3.63) is 47.5 Å². The summed E-state index contributed by atoms with van der Waals surface area (Å²) in [6, 6.07) is 13.8. The molecule has 3 aromatic rings. The minimum Gasteiger partial charge on any atom is -0.326 e. The third-order valence-corrected chi connectivity index (χ3v) is 7.29. The predicted octanol–water partition coefficient (Wildman–Crippen LogP) is 8.18. The lowest BCUT2D eigenvalue weighted by Gasteiger charge is -2.08. The van der Waals surface area contributed by atoms with Crippen LogP contribution in [0.15, 0.2) is 51.7 Å². The standard InChI is InChI=1S/C23H27ClN2OS2/c1-2-3-4-5-6-7-8-13-22(27)25-17-14-15-20(18(24)16-17)28-23-26-19-11-9-10-12-21(19)29-23/h9-12,14-16H,2-8,13H2,1H3,(H,25,27). The number of amides is 1. The molecule has 0 radical (unpaired) electrons. The number of hydrogen-bond acceptors (Lipinski definition) is 4. The van der Waals surface area contributed by atoms with Crippen molar-refractivity contribution in [2.24, 2.45) is 0 Å². The van der Waals surface area contributed by atoms with Crippen molar-refractivity contribution in [2.75, 3.05) is 5.32 Å². The minimum atomic E-state index is 0.0567. The average Bonchev–Trinajstić information content (AvgIpc) is 3.12. The van der Waals surface area contributed by atoms with Gasteiger partial charge in [-0.25, -0.2) is 4.98 Å². The van der Waals surface area contributed by atoms with E-state index >= 15 is 0 Å². The second-order valence-corrected chi connectivity index (χ2v) is 9.84. The molecule has 0 saturated carbocycles. The van der Waals surface area contributed by atoms with Crippen LogP contribution in [0.4, 0.5) is 5.69 Å². The molecule has 3 nitrogen and oxygen atoms in total. The number of hydrogen-bond donors (Lipinski definition) is 1. The molecular weight excluding hydrogens is 420 g/mol. The summed E-state index contributed by atoms with van der Waals surface area (Å²) in [5, 5.41) is 3.59. The molecular formula is C23H27ClN2OS2. The van der Waals surface area contributed by atoms with Gasteiger partial charge in [0.2, 0.25) is 5.91 Å². The first-order valence-corrected chi connectivity index (χ1v) is 12.3. The summed E-state index contributed by atoms with van der Waals surface area (Å²) in [6.07, 6.45) is 9.01. The Kier molecular flexibility index (Phi) is 8.84. The van der Waals surface area contributed by atoms with Gasteiger partial charge >= 0.3 is 0 Å². The molecule has 0 spiro atoms. The van der Waals surface area contributed by atoms with Crippen molar-refractivity contribution in [1.29, 1.82) is 0 Å². The lowest BCUT2D eigenvalue weighted by molar-refractivity contribution is -0.116. The van der Waals surface area contributed by atoms with E-state index in [1.54, 1.807) is 23.1 Å². The number of para-hydroxylation sites is 1. The van der Waals surface area contributed by atoms with Crippen molar-refractivity contribution >= 4 is 56.5 Å². The largest absolute Gasteiger partial charge is 0.326 e. The summed E-state index contributed by atoms with van der Waals surface area (Å²) in [4.78, 5) is 17.7. The van der Waals surface area contributed by atoms with Crippen LogP contribution < -0.4 is 5.32 Å². The second kappa shape index (κ2) is 11.6. The Hall–Kier alpha value is -1.56. The van der Waals surface area contributed by atoms with Crippen molar-refractivity contribution in [1.82, 2.24) is 4.98 Å². The summed E-state index contributed by atoms with van der Waals surface area (Å²) in [5.74, 6) is 0.0567. The molecule has 29 heavy (non-hydrogen) atoms. The van der Waals surface area contributed by atoms with E-state index in [2.05, 4.69) is 23.3 Å². The molecule has 0 fully saturated rings. The molecule has 154 valence electrons. The molecule has 1 aromatic heterocycles. The lowest BCUT2D eigenvalue weighted by Crippen LogP contribution is -2.11. The molecule has 0 atom stereocenters. The Balaban J connectivity index is 1.47. The number of benzene rings is 2. The second-order valence-electron chi connectivity index (χ2n) is 7.11. The van der Waals surface area contributed by atoms with E-state index in [0.29, 0.717) is 11.4 Å². The van der Waals surface area contributed by atoms with Gasteiger partial charge in [0, 0.05) is 17.0 Å². The average molecular weight is 447 g/mol. The highest BCUT2D eigenvalue weighted by Gasteiger charge is 2.10. The highest BCUT2D eigenvalue weighted by atomic mass is 35.5. The molecule has 0 aliphatic heterocycles. The number of unbranched alkanes of at least 4 members (excludes halogenated alkanes) is 6. The fourth-order valence-electron chi connectivity index (χ4n) is 3.12. The number of nitrogens with zero attached hydrogens (tertiary/aromatic N) is 1. The fourth-order valence-corrected chi connectivity index (χ4v) is 5.44. The molecule has 1 amide bonds. The SMILES string of the molecule is CCCCCCCCCC(=O)Nc1ccc(Sc2nc3ccccc3s2)c(Cl)c1. The lowest BCUT2D eigenvalue weighted by atomic mass is 10.1. The Morgan fingerprint density at radius 1 is 1.07 bits per heavy atom. The topological polar surface area (TPSA) is 42.0 Å². The van der Waals surface area contributed by atoms with Crippen molar-refractivity contribution in [2.45, 2.75) is 67.5 Å². The van der Waals surface area contributed by atoms with E-state index in [0.717, 1.165) is 33.3 Å². The number of fused-ring (bicyclic) bond motifs is 1. The Labute approximate surface area is 186 Å². The molecule has 0 aliphatic rings. The van der Waals surface area contributed by atoms with E-state index in [1.807, 2.05) is 36.4 Å². The molecule has 6 heteroatoms. The van der Waals surface area contributed by atoms with Gasteiger partial charge in [0.05, 0.1) is 15.2 Å². The van der Waals surface area contributed by atoms with Gasteiger partial charge in [-0.1, -0.05) is 80.9 Å². The van der Waals surface area contributed by atoms with Crippen molar-refractivity contribution in [3.8, 4) is 0 Å². The van der Waals surface area contributed by atoms with Gasteiger partial charge in [-0.05, 0) is 36.8 Å². The highest BCUT2D eigenvalue weighted by Crippen LogP contribution is 2.38. The number of rotatable bonds is 11. The summed E-state index contributed by atoms with van der Waals surface area (Å²) < 4.78 is 2.13. The maximum atomic E-state index is 12.2. The van der Waals surface area contributed by atoms with Gasteiger partial charge in [0.25, 0.3) is 0 Å². The van der Waals surface area contributed by atoms with Crippen LogP contribution in [0.25, 0.3) is 10.2 Å². The Morgan fingerprint density at radius 2 is 1.83 bits per heavy atom. The molecule has 0 aliphatic carbocycles. The van der Waals surface area contributed by atoms with Crippen LogP contribution in [0.2, 0.25) is 5.02 Å². The smallest absolute Gasteiger partial charge is 0.224 e. The zero-order valence-electron chi connectivity index (χ0n) is 16.7.